The molecule has 2 N–H and O–H groups in total. The molecule has 6 heteroatoms. The zero-order chi connectivity index (χ0) is 14.0. The summed E-state index contributed by atoms with van der Waals surface area (Å²) in [7, 11) is -3.45. The second-order valence-corrected chi connectivity index (χ2v) is 7.29. The van der Waals surface area contributed by atoms with Gasteiger partial charge in [-0.05, 0) is 36.6 Å². The van der Waals surface area contributed by atoms with E-state index in [4.69, 9.17) is 5.73 Å². The van der Waals surface area contributed by atoms with Gasteiger partial charge >= 0.3 is 0 Å². The van der Waals surface area contributed by atoms with Gasteiger partial charge in [-0.1, -0.05) is 28.1 Å². The Morgan fingerprint density at radius 1 is 1.37 bits per heavy atom. The van der Waals surface area contributed by atoms with Gasteiger partial charge in [0.15, 0.2) is 0 Å². The van der Waals surface area contributed by atoms with Crippen molar-refractivity contribution in [3.63, 3.8) is 0 Å². The molecule has 0 amide bonds. The molecule has 0 saturated carbocycles. The average molecular weight is 345 g/mol. The third-order valence-corrected chi connectivity index (χ3v) is 6.05. The fourth-order valence-electron chi connectivity index (χ4n) is 2.07. The van der Waals surface area contributed by atoms with E-state index in [-0.39, 0.29) is 0 Å². The van der Waals surface area contributed by atoms with E-state index in [1.807, 2.05) is 18.2 Å². The summed E-state index contributed by atoms with van der Waals surface area (Å²) in [6.45, 7) is 3.09. The Bertz CT molecular complexity index is 611. The van der Waals surface area contributed by atoms with Gasteiger partial charge in [-0.25, -0.2) is 8.42 Å². The van der Waals surface area contributed by atoms with Crippen LogP contribution >= 0.6 is 15.9 Å². The molecule has 1 aromatic rings. The van der Waals surface area contributed by atoms with Crippen molar-refractivity contribution in [1.82, 2.24) is 4.31 Å². The molecule has 0 aliphatic carbocycles. The lowest BCUT2D eigenvalue weighted by Gasteiger charge is -2.24. The van der Waals surface area contributed by atoms with Crippen LogP contribution < -0.4 is 5.73 Å². The minimum atomic E-state index is -3.45. The molecule has 1 aliphatic heterocycles. The summed E-state index contributed by atoms with van der Waals surface area (Å²) in [5.74, 6) is 0. The molecule has 19 heavy (non-hydrogen) atoms. The van der Waals surface area contributed by atoms with Crippen LogP contribution in [-0.2, 0) is 16.6 Å². The monoisotopic (exact) mass is 344 g/mol. The molecule has 0 unspecified atom stereocenters. The third kappa shape index (κ3) is 2.91. The van der Waals surface area contributed by atoms with Crippen molar-refractivity contribution < 1.29 is 8.42 Å². The number of halogens is 1. The molecule has 0 aromatic heterocycles. The van der Waals surface area contributed by atoms with Crippen molar-refractivity contribution in [2.45, 2.75) is 24.8 Å². The number of benzene rings is 1. The molecule has 104 valence electrons. The molecule has 0 spiro atoms. The second kappa shape index (κ2) is 5.75. The SMILES string of the molecule is Cc1c(Br)cc(CN)cc1S(=O)(=O)N1CC=CCC1. The molecule has 0 fully saturated rings. The van der Waals surface area contributed by atoms with Crippen LogP contribution in [0.2, 0.25) is 0 Å². The maximum Gasteiger partial charge on any atom is 0.243 e. The average Bonchev–Trinajstić information content (AvgIpc) is 2.42. The lowest BCUT2D eigenvalue weighted by molar-refractivity contribution is 0.437. The van der Waals surface area contributed by atoms with Crippen molar-refractivity contribution in [1.29, 1.82) is 0 Å². The quantitative estimate of drug-likeness (QED) is 0.854. The van der Waals surface area contributed by atoms with E-state index in [0.29, 0.717) is 24.5 Å². The summed E-state index contributed by atoms with van der Waals surface area (Å²) in [4.78, 5) is 0.345. The summed E-state index contributed by atoms with van der Waals surface area (Å²) in [6.07, 6.45) is 4.65. The lowest BCUT2D eigenvalue weighted by Crippen LogP contribution is -2.34. The highest BCUT2D eigenvalue weighted by atomic mass is 79.9. The lowest BCUT2D eigenvalue weighted by atomic mass is 10.1. The second-order valence-electron chi connectivity index (χ2n) is 4.53. The zero-order valence-corrected chi connectivity index (χ0v) is 13.2. The van der Waals surface area contributed by atoms with Crippen LogP contribution in [0.25, 0.3) is 0 Å². The van der Waals surface area contributed by atoms with Crippen LogP contribution in [0, 0.1) is 6.92 Å². The first-order valence-electron chi connectivity index (χ1n) is 6.11. The molecule has 1 aromatic carbocycles. The summed E-state index contributed by atoms with van der Waals surface area (Å²) in [5.41, 5.74) is 7.16. The fourth-order valence-corrected chi connectivity index (χ4v) is 4.41. The molecule has 0 radical (unpaired) electrons. The highest BCUT2D eigenvalue weighted by molar-refractivity contribution is 9.10. The number of sulfonamides is 1. The largest absolute Gasteiger partial charge is 0.326 e. The Balaban J connectivity index is 2.50. The molecule has 1 aliphatic rings. The van der Waals surface area contributed by atoms with Crippen LogP contribution in [0.15, 0.2) is 33.7 Å². The standard InChI is InChI=1S/C13H17BrN2O2S/c1-10-12(14)7-11(9-15)8-13(10)19(17,18)16-5-3-2-4-6-16/h2-3,7-8H,4-6,9,15H2,1H3. The van der Waals surface area contributed by atoms with Crippen LogP contribution in [0.5, 0.6) is 0 Å². The summed E-state index contributed by atoms with van der Waals surface area (Å²) >= 11 is 3.40. The van der Waals surface area contributed by atoms with Gasteiger partial charge in [-0.3, -0.25) is 0 Å². The van der Waals surface area contributed by atoms with E-state index in [1.54, 1.807) is 13.0 Å². The number of nitrogens with zero attached hydrogens (tertiary/aromatic N) is 1. The van der Waals surface area contributed by atoms with Crippen molar-refractivity contribution in [2.24, 2.45) is 5.73 Å². The Morgan fingerprint density at radius 2 is 2.11 bits per heavy atom. The zero-order valence-electron chi connectivity index (χ0n) is 10.8. The smallest absolute Gasteiger partial charge is 0.243 e. The van der Waals surface area contributed by atoms with E-state index >= 15 is 0 Å². The number of nitrogens with two attached hydrogens (primary N) is 1. The Kier molecular flexibility index (Phi) is 4.45. The van der Waals surface area contributed by atoms with Crippen molar-refractivity contribution in [3.05, 3.63) is 39.9 Å². The number of rotatable bonds is 3. The van der Waals surface area contributed by atoms with E-state index in [0.717, 1.165) is 22.0 Å². The molecule has 2 rings (SSSR count). The molecule has 4 nitrogen and oxygen atoms in total. The van der Waals surface area contributed by atoms with Crippen molar-refractivity contribution in [3.8, 4) is 0 Å². The number of hydrogen-bond donors (Lipinski definition) is 1. The molecule has 1 heterocycles. The van der Waals surface area contributed by atoms with E-state index in [1.165, 1.54) is 4.31 Å². The Labute approximate surface area is 122 Å². The first-order chi connectivity index (χ1) is 8.96. The van der Waals surface area contributed by atoms with Gasteiger partial charge in [-0.2, -0.15) is 4.31 Å². The molecule has 0 saturated heterocycles. The Hall–Kier alpha value is -0.690. The van der Waals surface area contributed by atoms with Gasteiger partial charge in [0.25, 0.3) is 0 Å². The van der Waals surface area contributed by atoms with E-state index in [2.05, 4.69) is 15.9 Å². The topological polar surface area (TPSA) is 63.4 Å². The molecule has 0 bridgehead atoms. The maximum absolute atomic E-state index is 12.7. The van der Waals surface area contributed by atoms with Crippen LogP contribution in [0.1, 0.15) is 17.5 Å². The minimum absolute atomic E-state index is 0.321. The van der Waals surface area contributed by atoms with Gasteiger partial charge in [0.05, 0.1) is 4.90 Å². The van der Waals surface area contributed by atoms with Gasteiger partial charge in [-0.15, -0.1) is 0 Å². The summed E-state index contributed by atoms with van der Waals surface area (Å²) < 4.78 is 27.6. The Morgan fingerprint density at radius 3 is 2.68 bits per heavy atom. The van der Waals surface area contributed by atoms with Crippen LogP contribution in [-0.4, -0.2) is 25.8 Å². The van der Waals surface area contributed by atoms with E-state index in [9.17, 15) is 8.42 Å². The normalized spacial score (nSPS) is 16.8. The van der Waals surface area contributed by atoms with Gasteiger partial charge in [0, 0.05) is 24.1 Å². The first-order valence-corrected chi connectivity index (χ1v) is 8.34. The fraction of sp³-hybridized carbons (Fsp3) is 0.385. The predicted octanol–water partition coefficient (Wildman–Crippen LogP) is 2.17. The van der Waals surface area contributed by atoms with Crippen LogP contribution in [0.3, 0.4) is 0 Å². The summed E-state index contributed by atoms with van der Waals surface area (Å²) in [5, 5.41) is 0. The number of hydrogen-bond acceptors (Lipinski definition) is 3. The van der Waals surface area contributed by atoms with Gasteiger partial charge < -0.3 is 5.73 Å². The summed E-state index contributed by atoms with van der Waals surface area (Å²) in [6, 6.07) is 3.54. The molecule has 0 atom stereocenters. The van der Waals surface area contributed by atoms with Crippen LogP contribution in [0.4, 0.5) is 0 Å². The highest BCUT2D eigenvalue weighted by Crippen LogP contribution is 2.28. The highest BCUT2D eigenvalue weighted by Gasteiger charge is 2.27. The van der Waals surface area contributed by atoms with Crippen molar-refractivity contribution >= 4 is 26.0 Å². The van der Waals surface area contributed by atoms with Gasteiger partial charge in [0.1, 0.15) is 0 Å². The van der Waals surface area contributed by atoms with E-state index < -0.39 is 10.0 Å². The molecular weight excluding hydrogens is 328 g/mol. The third-order valence-electron chi connectivity index (χ3n) is 3.23. The molecular formula is C13H17BrN2O2S. The first kappa shape index (κ1) is 14.7. The maximum atomic E-state index is 12.7. The minimum Gasteiger partial charge on any atom is -0.326 e. The van der Waals surface area contributed by atoms with Crippen molar-refractivity contribution in [2.75, 3.05) is 13.1 Å². The van der Waals surface area contributed by atoms with Gasteiger partial charge in [0.2, 0.25) is 10.0 Å². The predicted molar refractivity (Wildman–Crippen MR) is 79.3 cm³/mol.